The highest BCUT2D eigenvalue weighted by Crippen LogP contribution is 2.33. The lowest BCUT2D eigenvalue weighted by atomic mass is 10.0. The second-order valence-corrected chi connectivity index (χ2v) is 5.55. The van der Waals surface area contributed by atoms with Gasteiger partial charge in [0.2, 0.25) is 0 Å². The number of nitrogens with one attached hydrogen (secondary N) is 1. The van der Waals surface area contributed by atoms with Gasteiger partial charge in [0.1, 0.15) is 5.82 Å². The molecule has 0 unspecified atom stereocenters. The third-order valence-electron chi connectivity index (χ3n) is 3.98. The number of pyridine rings is 1. The van der Waals surface area contributed by atoms with Crippen LogP contribution in [0.15, 0.2) is 42.6 Å². The molecule has 1 aliphatic rings. The molecule has 0 amide bonds. The average molecular weight is 281 g/mol. The van der Waals surface area contributed by atoms with Gasteiger partial charge in [-0.25, -0.2) is 4.98 Å². The quantitative estimate of drug-likeness (QED) is 0.848. The molecule has 0 saturated carbocycles. The van der Waals surface area contributed by atoms with E-state index in [1.54, 1.807) is 0 Å². The number of aromatic nitrogens is 1. The van der Waals surface area contributed by atoms with E-state index in [9.17, 15) is 0 Å². The minimum absolute atomic E-state index is 0.885. The molecule has 0 saturated heterocycles. The molecule has 1 aromatic heterocycles. The van der Waals surface area contributed by atoms with Crippen molar-refractivity contribution < 1.29 is 0 Å². The van der Waals surface area contributed by atoms with Gasteiger partial charge in [0.05, 0.1) is 0 Å². The van der Waals surface area contributed by atoms with Crippen molar-refractivity contribution in [3.8, 4) is 0 Å². The van der Waals surface area contributed by atoms with Crippen LogP contribution >= 0.6 is 0 Å². The molecule has 0 aliphatic carbocycles. The first-order valence-corrected chi connectivity index (χ1v) is 7.90. The molecular formula is C18H23N3. The van der Waals surface area contributed by atoms with Gasteiger partial charge in [0.25, 0.3) is 0 Å². The fourth-order valence-corrected chi connectivity index (χ4v) is 2.96. The third kappa shape index (κ3) is 3.08. The first-order valence-electron chi connectivity index (χ1n) is 7.90. The molecule has 21 heavy (non-hydrogen) atoms. The van der Waals surface area contributed by atoms with Gasteiger partial charge in [-0.3, -0.25) is 0 Å². The SMILES string of the molecule is CCCNCc1cccnc1N1CCCc2ccccc21. The van der Waals surface area contributed by atoms with Crippen molar-refractivity contribution in [3.05, 3.63) is 53.7 Å². The van der Waals surface area contributed by atoms with E-state index in [0.717, 1.165) is 31.9 Å². The lowest BCUT2D eigenvalue weighted by Crippen LogP contribution is -2.27. The average Bonchev–Trinajstić information content (AvgIpc) is 2.55. The van der Waals surface area contributed by atoms with Gasteiger partial charge in [-0.15, -0.1) is 0 Å². The van der Waals surface area contributed by atoms with Gasteiger partial charge in [-0.2, -0.15) is 0 Å². The molecule has 1 aromatic carbocycles. The first kappa shape index (κ1) is 14.1. The molecule has 0 atom stereocenters. The normalized spacial score (nSPS) is 14.0. The van der Waals surface area contributed by atoms with Crippen LogP contribution in [0.2, 0.25) is 0 Å². The lowest BCUT2D eigenvalue weighted by Gasteiger charge is -2.31. The van der Waals surface area contributed by atoms with E-state index < -0.39 is 0 Å². The zero-order valence-corrected chi connectivity index (χ0v) is 12.7. The standard InChI is InChI=1S/C18H23N3/c1-2-11-19-14-16-8-5-12-20-18(16)21-13-6-9-15-7-3-4-10-17(15)21/h3-5,7-8,10,12,19H,2,6,9,11,13-14H2,1H3. The zero-order valence-electron chi connectivity index (χ0n) is 12.7. The third-order valence-corrected chi connectivity index (χ3v) is 3.98. The molecule has 0 spiro atoms. The Bertz CT molecular complexity index is 595. The molecule has 3 rings (SSSR count). The number of rotatable bonds is 5. The molecule has 3 heteroatoms. The van der Waals surface area contributed by atoms with Crippen molar-refractivity contribution in [2.24, 2.45) is 0 Å². The maximum Gasteiger partial charge on any atom is 0.137 e. The summed E-state index contributed by atoms with van der Waals surface area (Å²) in [5.41, 5.74) is 4.03. The van der Waals surface area contributed by atoms with E-state index in [0.29, 0.717) is 0 Å². The Morgan fingerprint density at radius 3 is 3.00 bits per heavy atom. The van der Waals surface area contributed by atoms with Gasteiger partial charge in [0, 0.05) is 30.5 Å². The predicted octanol–water partition coefficient (Wildman–Crippen LogP) is 3.67. The number of hydrogen-bond acceptors (Lipinski definition) is 3. The van der Waals surface area contributed by atoms with E-state index in [1.807, 2.05) is 12.3 Å². The first-order chi connectivity index (χ1) is 10.4. The number of aryl methyl sites for hydroxylation is 1. The number of nitrogens with zero attached hydrogens (tertiary/aromatic N) is 2. The Morgan fingerprint density at radius 2 is 2.10 bits per heavy atom. The fourth-order valence-electron chi connectivity index (χ4n) is 2.96. The molecule has 2 aromatic rings. The molecule has 110 valence electrons. The van der Waals surface area contributed by atoms with E-state index in [4.69, 9.17) is 0 Å². The zero-order chi connectivity index (χ0) is 14.5. The summed E-state index contributed by atoms with van der Waals surface area (Å²) in [6.45, 7) is 5.17. The summed E-state index contributed by atoms with van der Waals surface area (Å²) in [5, 5.41) is 3.49. The summed E-state index contributed by atoms with van der Waals surface area (Å²) in [6.07, 6.45) is 5.41. The molecule has 0 bridgehead atoms. The Kier molecular flexibility index (Phi) is 4.51. The summed E-state index contributed by atoms with van der Waals surface area (Å²) in [7, 11) is 0. The topological polar surface area (TPSA) is 28.2 Å². The molecule has 1 aliphatic heterocycles. The molecule has 3 nitrogen and oxygen atoms in total. The summed E-state index contributed by atoms with van der Waals surface area (Å²) < 4.78 is 0. The lowest BCUT2D eigenvalue weighted by molar-refractivity contribution is 0.670. The van der Waals surface area contributed by atoms with Crippen molar-refractivity contribution in [2.75, 3.05) is 18.0 Å². The summed E-state index contributed by atoms with van der Waals surface area (Å²) in [4.78, 5) is 7.04. The van der Waals surface area contributed by atoms with Crippen LogP contribution in [0, 0.1) is 0 Å². The minimum Gasteiger partial charge on any atom is -0.326 e. The minimum atomic E-state index is 0.885. The molecule has 0 fully saturated rings. The largest absolute Gasteiger partial charge is 0.326 e. The Balaban J connectivity index is 1.91. The maximum absolute atomic E-state index is 4.67. The van der Waals surface area contributed by atoms with Crippen LogP contribution in [0.3, 0.4) is 0 Å². The van der Waals surface area contributed by atoms with Crippen molar-refractivity contribution in [1.29, 1.82) is 0 Å². The monoisotopic (exact) mass is 281 g/mol. The van der Waals surface area contributed by atoms with Gasteiger partial charge < -0.3 is 10.2 Å². The van der Waals surface area contributed by atoms with Crippen LogP contribution in [0.25, 0.3) is 0 Å². The summed E-state index contributed by atoms with van der Waals surface area (Å²) >= 11 is 0. The van der Waals surface area contributed by atoms with E-state index in [-0.39, 0.29) is 0 Å². The van der Waals surface area contributed by atoms with Crippen LogP contribution in [0.1, 0.15) is 30.9 Å². The van der Waals surface area contributed by atoms with Gasteiger partial charge in [-0.1, -0.05) is 31.2 Å². The number of fused-ring (bicyclic) bond motifs is 1. The Labute approximate surface area is 127 Å². The van der Waals surface area contributed by atoms with Crippen molar-refractivity contribution in [3.63, 3.8) is 0 Å². The van der Waals surface area contributed by atoms with Crippen molar-refractivity contribution in [2.45, 2.75) is 32.7 Å². The number of benzene rings is 1. The molecular weight excluding hydrogens is 258 g/mol. The smallest absolute Gasteiger partial charge is 0.137 e. The second-order valence-electron chi connectivity index (χ2n) is 5.55. The highest BCUT2D eigenvalue weighted by molar-refractivity contribution is 5.67. The van der Waals surface area contributed by atoms with E-state index in [1.165, 1.54) is 29.7 Å². The molecule has 0 radical (unpaired) electrons. The van der Waals surface area contributed by atoms with E-state index >= 15 is 0 Å². The Morgan fingerprint density at radius 1 is 1.19 bits per heavy atom. The highest BCUT2D eigenvalue weighted by atomic mass is 15.2. The predicted molar refractivity (Wildman–Crippen MR) is 88.0 cm³/mol. The van der Waals surface area contributed by atoms with Crippen LogP contribution in [0.5, 0.6) is 0 Å². The van der Waals surface area contributed by atoms with Gasteiger partial charge in [0.15, 0.2) is 0 Å². The second kappa shape index (κ2) is 6.72. The van der Waals surface area contributed by atoms with Crippen molar-refractivity contribution >= 4 is 11.5 Å². The Hall–Kier alpha value is -1.87. The number of para-hydroxylation sites is 1. The summed E-state index contributed by atoms with van der Waals surface area (Å²) in [5.74, 6) is 1.10. The van der Waals surface area contributed by atoms with Crippen LogP contribution in [-0.2, 0) is 13.0 Å². The van der Waals surface area contributed by atoms with Crippen LogP contribution in [-0.4, -0.2) is 18.1 Å². The van der Waals surface area contributed by atoms with Crippen molar-refractivity contribution in [1.82, 2.24) is 10.3 Å². The van der Waals surface area contributed by atoms with Crippen LogP contribution < -0.4 is 10.2 Å². The summed E-state index contributed by atoms with van der Waals surface area (Å²) in [6, 6.07) is 12.9. The van der Waals surface area contributed by atoms with Crippen LogP contribution in [0.4, 0.5) is 11.5 Å². The number of anilines is 2. The highest BCUT2D eigenvalue weighted by Gasteiger charge is 2.20. The maximum atomic E-state index is 4.67. The van der Waals surface area contributed by atoms with E-state index in [2.05, 4.69) is 52.5 Å². The molecule has 2 heterocycles. The van der Waals surface area contributed by atoms with Gasteiger partial charge in [-0.05, 0) is 43.5 Å². The molecule has 1 N–H and O–H groups in total. The fraction of sp³-hybridized carbons (Fsp3) is 0.389. The number of hydrogen-bond donors (Lipinski definition) is 1. The van der Waals surface area contributed by atoms with Gasteiger partial charge >= 0.3 is 0 Å².